The van der Waals surface area contributed by atoms with Gasteiger partial charge in [-0.2, -0.15) is 0 Å². The van der Waals surface area contributed by atoms with Crippen LogP contribution < -0.4 is 0 Å². The zero-order chi connectivity index (χ0) is 13.4. The Bertz CT molecular complexity index is 681. The Balaban J connectivity index is 2.14. The number of fused-ring (bicyclic) bond motifs is 1. The molecule has 2 aromatic rings. The first-order valence-corrected chi connectivity index (χ1v) is 7.47. The topological polar surface area (TPSA) is 22.0 Å². The fourth-order valence-corrected chi connectivity index (χ4v) is 3.44. The maximum atomic E-state index is 12.8. The zero-order valence-corrected chi connectivity index (χ0v) is 12.5. The Morgan fingerprint density at radius 2 is 1.95 bits per heavy atom. The lowest BCUT2D eigenvalue weighted by Gasteiger charge is -2.17. The molecule has 0 aliphatic heterocycles. The van der Waals surface area contributed by atoms with Gasteiger partial charge < -0.3 is 0 Å². The second kappa shape index (κ2) is 4.97. The third-order valence-corrected chi connectivity index (χ3v) is 4.63. The average molecular weight is 318 g/mol. The van der Waals surface area contributed by atoms with Crippen LogP contribution in [-0.2, 0) is 0 Å². The van der Waals surface area contributed by atoms with Gasteiger partial charge in [0.05, 0.1) is 5.52 Å². The van der Waals surface area contributed by atoms with Crippen molar-refractivity contribution in [2.45, 2.75) is 32.6 Å². The summed E-state index contributed by atoms with van der Waals surface area (Å²) in [5, 5.41) is 1.13. The largest absolute Gasteiger partial charge is 0.281 e. The van der Waals surface area contributed by atoms with E-state index in [-0.39, 0.29) is 5.91 Å². The van der Waals surface area contributed by atoms with Crippen LogP contribution in [0.4, 0.5) is 0 Å². The molecule has 0 fully saturated rings. The minimum Gasteiger partial charge on any atom is -0.281 e. The van der Waals surface area contributed by atoms with Crippen molar-refractivity contribution in [2.24, 2.45) is 0 Å². The summed E-state index contributed by atoms with van der Waals surface area (Å²) in [6.45, 7) is 2.00. The van der Waals surface area contributed by atoms with Gasteiger partial charge in [0.25, 0.3) is 5.91 Å². The molecule has 1 aromatic carbocycles. The SMILES string of the molecule is Cc1cc2ccccc2n1C(=O)C1=C(Br)CCCC1. The van der Waals surface area contributed by atoms with Crippen molar-refractivity contribution < 1.29 is 4.79 Å². The number of aryl methyl sites for hydroxylation is 1. The van der Waals surface area contributed by atoms with Crippen molar-refractivity contribution in [3.8, 4) is 0 Å². The zero-order valence-electron chi connectivity index (χ0n) is 10.9. The summed E-state index contributed by atoms with van der Waals surface area (Å²) in [6, 6.07) is 10.1. The molecule has 0 amide bonds. The summed E-state index contributed by atoms with van der Waals surface area (Å²) in [5.74, 6) is 0.130. The molecule has 0 saturated heterocycles. The molecular weight excluding hydrogens is 302 g/mol. The average Bonchev–Trinajstić information content (AvgIpc) is 2.74. The first-order chi connectivity index (χ1) is 9.18. The number of aromatic nitrogens is 1. The van der Waals surface area contributed by atoms with E-state index in [4.69, 9.17) is 0 Å². The number of carbonyl (C=O) groups excluding carboxylic acids is 1. The number of nitrogens with zero attached hydrogens (tertiary/aromatic N) is 1. The van der Waals surface area contributed by atoms with Gasteiger partial charge in [-0.05, 0) is 44.7 Å². The van der Waals surface area contributed by atoms with Gasteiger partial charge in [0, 0.05) is 21.1 Å². The molecule has 0 bridgehead atoms. The van der Waals surface area contributed by atoms with Gasteiger partial charge in [0.15, 0.2) is 0 Å². The van der Waals surface area contributed by atoms with Crippen LogP contribution in [0.5, 0.6) is 0 Å². The molecular formula is C16H16BrNO. The van der Waals surface area contributed by atoms with E-state index in [1.165, 1.54) is 6.42 Å². The van der Waals surface area contributed by atoms with Crippen LogP contribution in [-0.4, -0.2) is 10.5 Å². The Kier molecular flexibility index (Phi) is 3.31. The number of para-hydroxylation sites is 1. The standard InChI is InChI=1S/C16H16BrNO/c1-11-10-12-6-2-5-9-15(12)18(11)16(19)13-7-3-4-8-14(13)17/h2,5-6,9-10H,3-4,7-8H2,1H3. The summed E-state index contributed by atoms with van der Waals surface area (Å²) < 4.78 is 2.93. The lowest BCUT2D eigenvalue weighted by Crippen LogP contribution is -2.17. The summed E-state index contributed by atoms with van der Waals surface area (Å²) in [6.07, 6.45) is 4.14. The molecule has 19 heavy (non-hydrogen) atoms. The van der Waals surface area contributed by atoms with Gasteiger partial charge in [-0.25, -0.2) is 0 Å². The smallest absolute Gasteiger partial charge is 0.259 e. The number of rotatable bonds is 1. The fourth-order valence-electron chi connectivity index (χ4n) is 2.79. The summed E-state index contributed by atoms with van der Waals surface area (Å²) >= 11 is 3.57. The number of allylic oxidation sites excluding steroid dienone is 2. The highest BCUT2D eigenvalue weighted by Gasteiger charge is 2.21. The molecule has 0 unspecified atom stereocenters. The number of halogens is 1. The van der Waals surface area contributed by atoms with E-state index in [1.54, 1.807) is 0 Å². The summed E-state index contributed by atoms with van der Waals surface area (Å²) in [4.78, 5) is 12.8. The molecule has 1 heterocycles. The van der Waals surface area contributed by atoms with Crippen LogP contribution in [0, 0.1) is 6.92 Å². The minimum atomic E-state index is 0.130. The molecule has 3 heteroatoms. The Labute approximate surface area is 121 Å². The second-order valence-electron chi connectivity index (χ2n) is 5.08. The Morgan fingerprint density at radius 3 is 2.74 bits per heavy atom. The van der Waals surface area contributed by atoms with Crippen molar-refractivity contribution in [1.82, 2.24) is 4.57 Å². The molecule has 0 saturated carbocycles. The fraction of sp³-hybridized carbons (Fsp3) is 0.312. The van der Waals surface area contributed by atoms with Crippen LogP contribution >= 0.6 is 15.9 Å². The number of benzene rings is 1. The minimum absolute atomic E-state index is 0.130. The van der Waals surface area contributed by atoms with E-state index in [0.717, 1.165) is 45.9 Å². The predicted octanol–water partition coefficient (Wildman–Crippen LogP) is 4.81. The third-order valence-electron chi connectivity index (χ3n) is 3.76. The highest BCUT2D eigenvalue weighted by Crippen LogP contribution is 2.31. The van der Waals surface area contributed by atoms with E-state index in [1.807, 2.05) is 29.7 Å². The van der Waals surface area contributed by atoms with Crippen LogP contribution in [0.3, 0.4) is 0 Å². The molecule has 0 spiro atoms. The van der Waals surface area contributed by atoms with Gasteiger partial charge in [-0.15, -0.1) is 0 Å². The van der Waals surface area contributed by atoms with E-state index in [2.05, 4.69) is 28.1 Å². The van der Waals surface area contributed by atoms with Gasteiger partial charge >= 0.3 is 0 Å². The van der Waals surface area contributed by atoms with Crippen molar-refractivity contribution in [2.75, 3.05) is 0 Å². The monoisotopic (exact) mass is 317 g/mol. The first-order valence-electron chi connectivity index (χ1n) is 6.68. The Hall–Kier alpha value is -1.35. The van der Waals surface area contributed by atoms with Crippen molar-refractivity contribution >= 4 is 32.7 Å². The molecule has 0 atom stereocenters. The van der Waals surface area contributed by atoms with Crippen LogP contribution in [0.2, 0.25) is 0 Å². The van der Waals surface area contributed by atoms with Gasteiger partial charge in [0.2, 0.25) is 0 Å². The molecule has 2 nitrogen and oxygen atoms in total. The lowest BCUT2D eigenvalue weighted by molar-refractivity contribution is 0.0952. The van der Waals surface area contributed by atoms with Gasteiger partial charge in [0.1, 0.15) is 0 Å². The summed E-state index contributed by atoms with van der Waals surface area (Å²) in [5.41, 5.74) is 2.95. The van der Waals surface area contributed by atoms with E-state index < -0.39 is 0 Å². The molecule has 1 aliphatic rings. The van der Waals surface area contributed by atoms with Crippen LogP contribution in [0.1, 0.15) is 36.2 Å². The molecule has 1 aromatic heterocycles. The molecule has 0 radical (unpaired) electrons. The van der Waals surface area contributed by atoms with Crippen LogP contribution in [0.15, 0.2) is 40.4 Å². The Morgan fingerprint density at radius 1 is 1.21 bits per heavy atom. The van der Waals surface area contributed by atoms with E-state index >= 15 is 0 Å². The maximum Gasteiger partial charge on any atom is 0.259 e. The molecule has 1 aliphatic carbocycles. The molecule has 98 valence electrons. The number of hydrogen-bond donors (Lipinski definition) is 0. The lowest BCUT2D eigenvalue weighted by atomic mass is 9.99. The van der Waals surface area contributed by atoms with Crippen LogP contribution in [0.25, 0.3) is 10.9 Å². The maximum absolute atomic E-state index is 12.8. The van der Waals surface area contributed by atoms with E-state index in [0.29, 0.717) is 0 Å². The second-order valence-corrected chi connectivity index (χ2v) is 6.03. The van der Waals surface area contributed by atoms with Gasteiger partial charge in [-0.1, -0.05) is 34.1 Å². The van der Waals surface area contributed by atoms with Crippen molar-refractivity contribution in [3.63, 3.8) is 0 Å². The quantitative estimate of drug-likeness (QED) is 0.739. The normalized spacial score (nSPS) is 16.1. The van der Waals surface area contributed by atoms with Gasteiger partial charge in [-0.3, -0.25) is 9.36 Å². The first kappa shape index (κ1) is 12.7. The van der Waals surface area contributed by atoms with Crippen molar-refractivity contribution in [1.29, 1.82) is 0 Å². The van der Waals surface area contributed by atoms with E-state index in [9.17, 15) is 4.79 Å². The third kappa shape index (κ3) is 2.16. The highest BCUT2D eigenvalue weighted by atomic mass is 79.9. The number of carbonyl (C=O) groups is 1. The molecule has 3 rings (SSSR count). The highest BCUT2D eigenvalue weighted by molar-refractivity contribution is 9.11. The summed E-state index contributed by atoms with van der Waals surface area (Å²) in [7, 11) is 0. The predicted molar refractivity (Wildman–Crippen MR) is 81.7 cm³/mol. The van der Waals surface area contributed by atoms with Crippen molar-refractivity contribution in [3.05, 3.63) is 46.1 Å². The number of hydrogen-bond acceptors (Lipinski definition) is 1. The molecule has 0 N–H and O–H groups in total.